The Hall–Kier alpha value is -7.90. The van der Waals surface area contributed by atoms with Crippen molar-refractivity contribution >= 4 is 91.4 Å². The van der Waals surface area contributed by atoms with Gasteiger partial charge in [0, 0.05) is 34.0 Å². The number of thioether (sulfide) groups is 2. The Morgan fingerprint density at radius 3 is 1.31 bits per heavy atom. The molecule has 0 aliphatic rings. The van der Waals surface area contributed by atoms with Gasteiger partial charge in [0.1, 0.15) is 21.4 Å². The van der Waals surface area contributed by atoms with Gasteiger partial charge in [0.05, 0.1) is 70.4 Å². The molecule has 0 radical (unpaired) electrons. The minimum absolute atomic E-state index is 0.0685. The number of carbonyl (C=O) groups is 4. The fraction of sp³-hybridized carbons (Fsp3) is 0.200. The molecule has 4 amide bonds. The van der Waals surface area contributed by atoms with Crippen LogP contribution in [0.2, 0.25) is 0 Å². The molecule has 0 bridgehead atoms. The third-order valence-corrected chi connectivity index (χ3v) is 16.1. The first-order chi connectivity index (χ1) is 38.2. The predicted octanol–water partition coefficient (Wildman–Crippen LogP) is 13.0. The molecule has 4 heterocycles. The highest BCUT2D eigenvalue weighted by Gasteiger charge is 2.22. The number of thiazole rings is 2. The number of aromatic amines is 2. The molecule has 6 aromatic carbocycles. The van der Waals surface area contributed by atoms with Crippen LogP contribution in [0.3, 0.4) is 0 Å². The monoisotopic (exact) mass is 1110 g/mol. The van der Waals surface area contributed by atoms with E-state index in [-0.39, 0.29) is 35.7 Å². The number of benzene rings is 6. The van der Waals surface area contributed by atoms with Crippen LogP contribution in [-0.4, -0.2) is 79.1 Å². The molecule has 0 aliphatic heterocycles. The fourth-order valence-electron chi connectivity index (χ4n) is 8.91. The second-order valence-electron chi connectivity index (χ2n) is 18.2. The van der Waals surface area contributed by atoms with E-state index in [4.69, 9.17) is 0 Å². The summed E-state index contributed by atoms with van der Waals surface area (Å²) in [7, 11) is 0. The summed E-state index contributed by atoms with van der Waals surface area (Å²) in [6, 6.07) is 43.7. The predicted molar refractivity (Wildman–Crippen MR) is 317 cm³/mol. The average molecular weight is 1110 g/mol. The van der Waals surface area contributed by atoms with Crippen LogP contribution < -0.4 is 21.3 Å². The normalized spacial score (nSPS) is 11.8. The molecule has 0 aliphatic carbocycles. The maximum atomic E-state index is 12.9. The minimum atomic E-state index is -0.304. The zero-order chi connectivity index (χ0) is 54.1. The van der Waals surface area contributed by atoms with E-state index in [2.05, 4.69) is 112 Å². The first-order valence-electron chi connectivity index (χ1n) is 25.5. The van der Waals surface area contributed by atoms with Crippen LogP contribution >= 0.6 is 46.2 Å². The number of rotatable bonds is 22. The number of hydrogen-bond donors (Lipinski definition) is 6. The molecule has 0 unspecified atom stereocenters. The van der Waals surface area contributed by atoms with E-state index in [9.17, 15) is 19.2 Å². The molecular formula is C60H58N10O4S4. The quantitative estimate of drug-likeness (QED) is 0.0280. The van der Waals surface area contributed by atoms with E-state index in [1.54, 1.807) is 46.9 Å². The van der Waals surface area contributed by atoms with Gasteiger partial charge in [-0.2, -0.15) is 0 Å². The first-order valence-corrected chi connectivity index (χ1v) is 29.7. The van der Waals surface area contributed by atoms with Gasteiger partial charge in [0.25, 0.3) is 23.6 Å². The summed E-state index contributed by atoms with van der Waals surface area (Å²) in [5.41, 5.74) is 8.54. The van der Waals surface area contributed by atoms with E-state index in [1.165, 1.54) is 33.4 Å². The highest BCUT2D eigenvalue weighted by atomic mass is 32.2. The molecule has 10 aromatic rings. The van der Waals surface area contributed by atoms with Crippen LogP contribution in [-0.2, 0) is 0 Å². The Labute approximate surface area is 469 Å². The summed E-state index contributed by atoms with van der Waals surface area (Å²) in [5, 5.41) is 17.0. The lowest BCUT2D eigenvalue weighted by Crippen LogP contribution is -2.29. The van der Waals surface area contributed by atoms with Crippen molar-refractivity contribution in [1.82, 2.24) is 51.2 Å². The highest BCUT2D eigenvalue weighted by Crippen LogP contribution is 2.29. The zero-order valence-electron chi connectivity index (χ0n) is 43.0. The number of nitrogens with zero attached hydrogens (tertiary/aromatic N) is 4. The number of H-pyrrole nitrogens is 2. The standard InChI is InChI=1S/2C30H29N5O2S2/c2*1-38-26-12-5-4-10-23(26)29(36)32-15-7-6-11-24(35-30(37)27-18-31-19-39-27)28-33-17-25(34-28)22-14-13-20-8-2-3-9-21(20)16-22/h2*2-5,8-10,12-14,16-19,24H,6-7,11,15H2,1H3,(H,32,36)(H,33,34)(H,35,37)/t2*24-/m10/s1. The van der Waals surface area contributed by atoms with Crippen LogP contribution in [0.1, 0.15) is 102 Å². The topological polar surface area (TPSA) is 200 Å². The van der Waals surface area contributed by atoms with Crippen molar-refractivity contribution in [1.29, 1.82) is 0 Å². The van der Waals surface area contributed by atoms with Crippen molar-refractivity contribution in [3.8, 4) is 22.5 Å². The Morgan fingerprint density at radius 1 is 0.487 bits per heavy atom. The smallest absolute Gasteiger partial charge is 0.263 e. The van der Waals surface area contributed by atoms with Crippen molar-refractivity contribution < 1.29 is 19.2 Å². The van der Waals surface area contributed by atoms with E-state index in [0.29, 0.717) is 58.5 Å². The molecule has 0 saturated heterocycles. The number of aromatic nitrogens is 6. The lowest BCUT2D eigenvalue weighted by Gasteiger charge is -2.16. The Balaban J connectivity index is 0.000000190. The number of imidazole rings is 2. The lowest BCUT2D eigenvalue weighted by molar-refractivity contribution is 0.0926. The lowest BCUT2D eigenvalue weighted by atomic mass is 10.1. The van der Waals surface area contributed by atoms with Gasteiger partial charge in [-0.25, -0.2) is 9.97 Å². The van der Waals surface area contributed by atoms with E-state index < -0.39 is 0 Å². The molecule has 0 saturated carbocycles. The van der Waals surface area contributed by atoms with Crippen molar-refractivity contribution in [2.24, 2.45) is 0 Å². The third-order valence-electron chi connectivity index (χ3n) is 13.0. The van der Waals surface area contributed by atoms with E-state index in [1.807, 2.05) is 97.7 Å². The summed E-state index contributed by atoms with van der Waals surface area (Å²) < 4.78 is 0. The number of carbonyl (C=O) groups excluding carboxylic acids is 4. The van der Waals surface area contributed by atoms with Crippen molar-refractivity contribution in [3.05, 3.63) is 202 Å². The van der Waals surface area contributed by atoms with Crippen LogP contribution in [0.5, 0.6) is 0 Å². The summed E-state index contributed by atoms with van der Waals surface area (Å²) in [6.45, 7) is 1.11. The van der Waals surface area contributed by atoms with Crippen molar-refractivity contribution in [2.45, 2.75) is 60.4 Å². The molecule has 78 heavy (non-hydrogen) atoms. The van der Waals surface area contributed by atoms with Gasteiger partial charge in [-0.3, -0.25) is 29.1 Å². The number of fused-ring (bicyclic) bond motifs is 2. The molecule has 396 valence electrons. The van der Waals surface area contributed by atoms with Crippen LogP contribution in [0.15, 0.2) is 179 Å². The molecule has 10 rings (SSSR count). The van der Waals surface area contributed by atoms with Crippen LogP contribution in [0.4, 0.5) is 0 Å². The Morgan fingerprint density at radius 2 is 0.897 bits per heavy atom. The fourth-order valence-corrected chi connectivity index (χ4v) is 11.1. The number of nitrogens with one attached hydrogen (secondary N) is 6. The Bertz CT molecular complexity index is 3360. The summed E-state index contributed by atoms with van der Waals surface area (Å²) in [4.78, 5) is 78.2. The largest absolute Gasteiger partial charge is 0.352 e. The van der Waals surface area contributed by atoms with Crippen LogP contribution in [0.25, 0.3) is 44.1 Å². The molecule has 2 atom stereocenters. The van der Waals surface area contributed by atoms with Gasteiger partial charge in [-0.15, -0.1) is 46.2 Å². The highest BCUT2D eigenvalue weighted by molar-refractivity contribution is 7.99. The molecule has 4 aromatic heterocycles. The number of unbranched alkanes of at least 4 members (excludes halogenated alkanes) is 2. The van der Waals surface area contributed by atoms with Crippen LogP contribution in [0, 0.1) is 0 Å². The summed E-state index contributed by atoms with van der Waals surface area (Å²) in [5.74, 6) is 0.922. The average Bonchev–Trinajstić information content (AvgIpc) is 4.36. The van der Waals surface area contributed by atoms with E-state index >= 15 is 0 Å². The molecule has 18 heteroatoms. The molecule has 6 N–H and O–H groups in total. The zero-order valence-corrected chi connectivity index (χ0v) is 46.3. The number of hydrogen-bond acceptors (Lipinski definition) is 12. The second-order valence-corrected chi connectivity index (χ2v) is 21.6. The van der Waals surface area contributed by atoms with E-state index in [0.717, 1.165) is 68.8 Å². The van der Waals surface area contributed by atoms with Crippen molar-refractivity contribution in [2.75, 3.05) is 25.6 Å². The minimum Gasteiger partial charge on any atom is -0.352 e. The first kappa shape index (κ1) is 54.9. The molecular weight excluding hydrogens is 1050 g/mol. The van der Waals surface area contributed by atoms with Crippen molar-refractivity contribution in [3.63, 3.8) is 0 Å². The van der Waals surface area contributed by atoms with Gasteiger partial charge in [-0.05, 0) is 109 Å². The SMILES string of the molecule is CSc1ccccc1C(=O)NCCCC[C@@H](NC(=O)c1cncs1)c1ncc(-c2ccc3ccccc3c2)[nH]1.CSc1ccccc1C(=O)NCCCC[C@H](NC(=O)c1cncs1)c1ncc(-c2ccc3ccccc3c2)[nH]1. The molecule has 0 spiro atoms. The third kappa shape index (κ3) is 14.4. The number of amides is 4. The Kier molecular flexibility index (Phi) is 19.3. The summed E-state index contributed by atoms with van der Waals surface area (Å²) in [6.07, 6.45) is 15.2. The van der Waals surface area contributed by atoms with Gasteiger partial charge in [-0.1, -0.05) is 97.1 Å². The molecule has 0 fully saturated rings. The maximum absolute atomic E-state index is 12.9. The maximum Gasteiger partial charge on any atom is 0.263 e. The van der Waals surface area contributed by atoms with Gasteiger partial charge in [0.15, 0.2) is 0 Å². The molecule has 14 nitrogen and oxygen atoms in total. The van der Waals surface area contributed by atoms with Gasteiger partial charge in [0.2, 0.25) is 0 Å². The summed E-state index contributed by atoms with van der Waals surface area (Å²) >= 11 is 5.73. The second kappa shape index (κ2) is 27.4. The van der Waals surface area contributed by atoms with Gasteiger partial charge >= 0.3 is 0 Å². The van der Waals surface area contributed by atoms with Gasteiger partial charge < -0.3 is 31.2 Å².